The minimum absolute atomic E-state index is 0.187. The fourth-order valence-corrected chi connectivity index (χ4v) is 2.28. The van der Waals surface area contributed by atoms with Crippen molar-refractivity contribution in [2.45, 2.75) is 13.5 Å². The van der Waals surface area contributed by atoms with E-state index in [4.69, 9.17) is 11.6 Å². The molecule has 2 aromatic heterocycles. The molecule has 0 spiro atoms. The van der Waals surface area contributed by atoms with Gasteiger partial charge in [0.05, 0.1) is 5.69 Å². The zero-order valence-electron chi connectivity index (χ0n) is 12.9. The Morgan fingerprint density at radius 1 is 1.04 bits per heavy atom. The number of nitrogens with zero attached hydrogens (tertiary/aromatic N) is 4. The van der Waals surface area contributed by atoms with Gasteiger partial charge < -0.3 is 0 Å². The summed E-state index contributed by atoms with van der Waals surface area (Å²) >= 11 is 5.92. The van der Waals surface area contributed by atoms with Crippen molar-refractivity contribution < 1.29 is 0 Å². The topological polar surface area (TPSA) is 84.7 Å². The Morgan fingerprint density at radius 3 is 2.42 bits per heavy atom. The maximum atomic E-state index is 12.3. The molecule has 8 heteroatoms. The fourth-order valence-electron chi connectivity index (χ4n) is 2.15. The van der Waals surface area contributed by atoms with Gasteiger partial charge in [0.25, 0.3) is 0 Å². The van der Waals surface area contributed by atoms with E-state index >= 15 is 0 Å². The second kappa shape index (κ2) is 7.10. The highest BCUT2D eigenvalue weighted by Crippen LogP contribution is 2.19. The van der Waals surface area contributed by atoms with Crippen molar-refractivity contribution in [2.24, 2.45) is 0 Å². The number of rotatable bonds is 5. The lowest BCUT2D eigenvalue weighted by molar-refractivity contribution is 0.688. The zero-order valence-corrected chi connectivity index (χ0v) is 13.7. The van der Waals surface area contributed by atoms with Crippen LogP contribution in [0, 0.1) is 0 Å². The van der Waals surface area contributed by atoms with Crippen LogP contribution >= 0.6 is 11.6 Å². The van der Waals surface area contributed by atoms with Gasteiger partial charge in [0, 0.05) is 29.5 Å². The second-order valence-corrected chi connectivity index (χ2v) is 5.33. The Balaban J connectivity index is 1.94. The molecule has 122 valence electrons. The Morgan fingerprint density at radius 2 is 1.75 bits per heavy atom. The summed E-state index contributed by atoms with van der Waals surface area (Å²) in [5.41, 5.74) is 6.95. The van der Waals surface area contributed by atoms with Gasteiger partial charge in [-0.25, -0.2) is 4.79 Å². The van der Waals surface area contributed by atoms with Gasteiger partial charge in [-0.1, -0.05) is 11.6 Å². The number of hydrazine groups is 1. The van der Waals surface area contributed by atoms with Gasteiger partial charge in [0.2, 0.25) is 5.95 Å². The molecule has 7 nitrogen and oxygen atoms in total. The van der Waals surface area contributed by atoms with E-state index in [9.17, 15) is 4.79 Å². The first-order valence-corrected chi connectivity index (χ1v) is 7.72. The lowest BCUT2D eigenvalue weighted by atomic mass is 10.2. The van der Waals surface area contributed by atoms with Crippen molar-refractivity contribution in [3.63, 3.8) is 0 Å². The summed E-state index contributed by atoms with van der Waals surface area (Å²) in [5.74, 6) is 0.708. The van der Waals surface area contributed by atoms with Gasteiger partial charge in [-0.2, -0.15) is 9.97 Å². The second-order valence-electron chi connectivity index (χ2n) is 4.89. The van der Waals surface area contributed by atoms with Crippen molar-refractivity contribution in [2.75, 3.05) is 10.9 Å². The molecule has 0 saturated carbocycles. The molecule has 0 amide bonds. The molecular weight excluding hydrogens is 328 g/mol. The number of halogens is 1. The molecule has 0 unspecified atom stereocenters. The first kappa shape index (κ1) is 15.9. The summed E-state index contributed by atoms with van der Waals surface area (Å²) in [7, 11) is 0. The van der Waals surface area contributed by atoms with Crippen LogP contribution in [0.3, 0.4) is 0 Å². The first-order chi connectivity index (χ1) is 11.7. The maximum absolute atomic E-state index is 12.3. The molecule has 0 bridgehead atoms. The van der Waals surface area contributed by atoms with E-state index in [1.54, 1.807) is 36.7 Å². The summed E-state index contributed by atoms with van der Waals surface area (Å²) in [6.07, 6.45) is 3.30. The zero-order chi connectivity index (χ0) is 16.9. The highest BCUT2D eigenvalue weighted by molar-refractivity contribution is 6.30. The smallest absolute Gasteiger partial charge is 0.298 e. The molecule has 3 rings (SSSR count). The lowest BCUT2D eigenvalue weighted by Crippen LogP contribution is -2.27. The summed E-state index contributed by atoms with van der Waals surface area (Å²) in [4.78, 5) is 24.6. The first-order valence-electron chi connectivity index (χ1n) is 7.34. The molecule has 0 radical (unpaired) electrons. The molecule has 3 aromatic rings. The van der Waals surface area contributed by atoms with E-state index in [-0.39, 0.29) is 11.6 Å². The maximum Gasteiger partial charge on any atom is 0.352 e. The Bertz CT molecular complexity index is 879. The molecular formula is C16H15ClN6O. The number of benzene rings is 1. The van der Waals surface area contributed by atoms with E-state index < -0.39 is 0 Å². The number of nitrogens with one attached hydrogen (secondary N) is 2. The summed E-state index contributed by atoms with van der Waals surface area (Å²) in [6, 6.07) is 10.7. The van der Waals surface area contributed by atoms with Crippen LogP contribution in [0.4, 0.5) is 11.6 Å². The van der Waals surface area contributed by atoms with Crippen LogP contribution < -0.4 is 16.5 Å². The van der Waals surface area contributed by atoms with Gasteiger partial charge in [-0.15, -0.1) is 0 Å². The number of hydrogen-bond acceptors (Lipinski definition) is 6. The van der Waals surface area contributed by atoms with Crippen LogP contribution in [0.15, 0.2) is 53.6 Å². The van der Waals surface area contributed by atoms with Crippen LogP contribution in [-0.4, -0.2) is 19.5 Å². The Labute approximate surface area is 143 Å². The SMILES string of the molecule is CCn1c(-c2ccc(Cl)cc2)nc(NNc2ccncc2)nc1=O. The minimum Gasteiger partial charge on any atom is -0.298 e. The molecule has 2 N–H and O–H groups in total. The number of pyridine rings is 1. The predicted molar refractivity (Wildman–Crippen MR) is 93.9 cm³/mol. The quantitative estimate of drug-likeness (QED) is 0.693. The van der Waals surface area contributed by atoms with Crippen molar-refractivity contribution >= 4 is 23.2 Å². The van der Waals surface area contributed by atoms with E-state index in [0.29, 0.717) is 17.4 Å². The average Bonchev–Trinajstić information content (AvgIpc) is 2.61. The van der Waals surface area contributed by atoms with Gasteiger partial charge in [-0.05, 0) is 43.3 Å². The van der Waals surface area contributed by atoms with E-state index in [1.165, 1.54) is 4.57 Å². The minimum atomic E-state index is -0.378. The molecule has 1 aromatic carbocycles. The third-order valence-electron chi connectivity index (χ3n) is 3.32. The van der Waals surface area contributed by atoms with Crippen molar-refractivity contribution in [3.8, 4) is 11.4 Å². The third kappa shape index (κ3) is 3.52. The lowest BCUT2D eigenvalue weighted by Gasteiger charge is -2.13. The molecule has 0 aliphatic carbocycles. The van der Waals surface area contributed by atoms with E-state index in [2.05, 4.69) is 25.8 Å². The van der Waals surface area contributed by atoms with Crippen molar-refractivity contribution in [1.82, 2.24) is 19.5 Å². The molecule has 0 saturated heterocycles. The average molecular weight is 343 g/mol. The fraction of sp³-hybridized carbons (Fsp3) is 0.125. The van der Waals surface area contributed by atoms with Crippen LogP contribution in [0.5, 0.6) is 0 Å². The number of anilines is 2. The largest absolute Gasteiger partial charge is 0.352 e. The Kier molecular flexibility index (Phi) is 4.72. The van der Waals surface area contributed by atoms with Crippen molar-refractivity contribution in [1.29, 1.82) is 0 Å². The van der Waals surface area contributed by atoms with Crippen LogP contribution in [0.25, 0.3) is 11.4 Å². The number of hydrogen-bond donors (Lipinski definition) is 2. The standard InChI is InChI=1S/C16H15ClN6O/c1-2-23-14(11-3-5-12(17)6-4-11)19-15(20-16(23)24)22-21-13-7-9-18-10-8-13/h3-10H,2H2,1H3,(H,18,21)(H,20,22,24). The molecule has 2 heterocycles. The van der Waals surface area contributed by atoms with E-state index in [0.717, 1.165) is 11.3 Å². The van der Waals surface area contributed by atoms with E-state index in [1.807, 2.05) is 19.1 Å². The van der Waals surface area contributed by atoms with Gasteiger partial charge in [0.15, 0.2) is 0 Å². The van der Waals surface area contributed by atoms with Crippen LogP contribution in [-0.2, 0) is 6.54 Å². The van der Waals surface area contributed by atoms with Crippen LogP contribution in [0.2, 0.25) is 5.02 Å². The molecule has 0 atom stereocenters. The summed E-state index contributed by atoms with van der Waals surface area (Å²) in [5, 5.41) is 0.621. The van der Waals surface area contributed by atoms with Crippen molar-refractivity contribution in [3.05, 3.63) is 64.3 Å². The van der Waals surface area contributed by atoms with Gasteiger partial charge in [0.1, 0.15) is 5.82 Å². The third-order valence-corrected chi connectivity index (χ3v) is 3.57. The molecule has 0 aliphatic rings. The van der Waals surface area contributed by atoms with Crippen LogP contribution in [0.1, 0.15) is 6.92 Å². The number of aromatic nitrogens is 4. The molecule has 24 heavy (non-hydrogen) atoms. The highest BCUT2D eigenvalue weighted by Gasteiger charge is 2.11. The van der Waals surface area contributed by atoms with Gasteiger partial charge in [-0.3, -0.25) is 20.4 Å². The molecule has 0 aliphatic heterocycles. The van der Waals surface area contributed by atoms with Gasteiger partial charge >= 0.3 is 5.69 Å². The predicted octanol–water partition coefficient (Wildman–Crippen LogP) is 2.81. The Hall–Kier alpha value is -2.93. The molecule has 0 fully saturated rings. The highest BCUT2D eigenvalue weighted by atomic mass is 35.5. The normalized spacial score (nSPS) is 10.4. The summed E-state index contributed by atoms with van der Waals surface area (Å²) in [6.45, 7) is 2.33. The monoisotopic (exact) mass is 342 g/mol. The summed E-state index contributed by atoms with van der Waals surface area (Å²) < 4.78 is 1.50.